The van der Waals surface area contributed by atoms with Crippen molar-refractivity contribution in [2.24, 2.45) is 5.92 Å². The van der Waals surface area contributed by atoms with Gasteiger partial charge in [-0.05, 0) is 18.8 Å². The minimum Gasteiger partial charge on any atom is -0.467 e. The van der Waals surface area contributed by atoms with Crippen molar-refractivity contribution in [3.05, 3.63) is 6.33 Å². The van der Waals surface area contributed by atoms with Crippen LogP contribution in [0, 0.1) is 5.92 Å². The highest BCUT2D eigenvalue weighted by molar-refractivity contribution is 7.99. The zero-order chi connectivity index (χ0) is 16.1. The number of nitrogens with one attached hydrogen (secondary N) is 1. The van der Waals surface area contributed by atoms with Crippen molar-refractivity contribution >= 4 is 23.6 Å². The summed E-state index contributed by atoms with van der Waals surface area (Å²) in [5.41, 5.74) is 0. The lowest BCUT2D eigenvalue weighted by Crippen LogP contribution is -2.46. The van der Waals surface area contributed by atoms with E-state index >= 15 is 0 Å². The van der Waals surface area contributed by atoms with Gasteiger partial charge in [0.2, 0.25) is 5.91 Å². The van der Waals surface area contributed by atoms with Crippen LogP contribution in [0.2, 0.25) is 0 Å². The molecule has 1 fully saturated rings. The molecule has 7 nitrogen and oxygen atoms in total. The third kappa shape index (κ3) is 4.22. The van der Waals surface area contributed by atoms with Crippen LogP contribution in [0.25, 0.3) is 0 Å². The van der Waals surface area contributed by atoms with E-state index in [1.54, 1.807) is 6.33 Å². The molecule has 8 heteroatoms. The second-order valence-electron chi connectivity index (χ2n) is 5.49. The molecule has 1 N–H and O–H groups in total. The maximum Gasteiger partial charge on any atom is 0.328 e. The minimum absolute atomic E-state index is 0.0246. The molecule has 122 valence electrons. The van der Waals surface area contributed by atoms with E-state index in [2.05, 4.69) is 15.5 Å². The Morgan fingerprint density at radius 2 is 2.27 bits per heavy atom. The molecule has 0 bridgehead atoms. The number of amides is 1. The number of rotatable bonds is 8. The van der Waals surface area contributed by atoms with Gasteiger partial charge in [-0.15, -0.1) is 10.2 Å². The molecule has 22 heavy (non-hydrogen) atoms. The van der Waals surface area contributed by atoms with Gasteiger partial charge in [0, 0.05) is 6.04 Å². The summed E-state index contributed by atoms with van der Waals surface area (Å²) in [7, 11) is 1.33. The molecule has 1 aromatic heterocycles. The van der Waals surface area contributed by atoms with Gasteiger partial charge < -0.3 is 14.6 Å². The largest absolute Gasteiger partial charge is 0.467 e. The number of hydrogen-bond donors (Lipinski definition) is 1. The number of carbonyl (C=O) groups is 2. The first kappa shape index (κ1) is 16.8. The summed E-state index contributed by atoms with van der Waals surface area (Å²) >= 11 is 1.34. The highest BCUT2D eigenvalue weighted by Gasteiger charge is 2.28. The summed E-state index contributed by atoms with van der Waals surface area (Å²) in [6.45, 7) is 3.89. The van der Waals surface area contributed by atoms with Crippen molar-refractivity contribution in [1.29, 1.82) is 0 Å². The number of thioether (sulfide) groups is 1. The average Bonchev–Trinajstić information content (AvgIpc) is 3.27. The van der Waals surface area contributed by atoms with E-state index in [0.29, 0.717) is 6.04 Å². The fourth-order valence-electron chi connectivity index (χ4n) is 2.08. The second kappa shape index (κ2) is 7.62. The summed E-state index contributed by atoms with van der Waals surface area (Å²) in [4.78, 5) is 23.9. The number of methoxy groups -OCH3 is 1. The second-order valence-corrected chi connectivity index (χ2v) is 6.44. The van der Waals surface area contributed by atoms with Gasteiger partial charge in [0.25, 0.3) is 0 Å². The molecule has 0 aliphatic heterocycles. The molecule has 1 amide bonds. The summed E-state index contributed by atoms with van der Waals surface area (Å²) in [5.74, 6) is -0.383. The maximum absolute atomic E-state index is 12.1. The predicted molar refractivity (Wildman–Crippen MR) is 82.4 cm³/mol. The Morgan fingerprint density at radius 3 is 2.86 bits per heavy atom. The molecule has 0 aromatic carbocycles. The van der Waals surface area contributed by atoms with E-state index in [4.69, 9.17) is 4.74 Å². The molecule has 0 radical (unpaired) electrons. The molecule has 1 aromatic rings. The first-order valence-corrected chi connectivity index (χ1v) is 8.44. The van der Waals surface area contributed by atoms with Gasteiger partial charge in [0.1, 0.15) is 12.4 Å². The van der Waals surface area contributed by atoms with Crippen LogP contribution < -0.4 is 5.32 Å². The van der Waals surface area contributed by atoms with E-state index in [9.17, 15) is 9.59 Å². The maximum atomic E-state index is 12.1. The Kier molecular flexibility index (Phi) is 5.82. The normalized spacial score (nSPS) is 16.9. The Labute approximate surface area is 134 Å². The highest BCUT2D eigenvalue weighted by Crippen LogP contribution is 2.37. The molecule has 2 rings (SSSR count). The topological polar surface area (TPSA) is 86.1 Å². The first-order valence-electron chi connectivity index (χ1n) is 7.46. The van der Waals surface area contributed by atoms with Crippen molar-refractivity contribution in [2.75, 3.05) is 12.9 Å². The highest BCUT2D eigenvalue weighted by atomic mass is 32.2. The zero-order valence-electron chi connectivity index (χ0n) is 13.1. The number of ether oxygens (including phenoxy) is 1. The van der Waals surface area contributed by atoms with Gasteiger partial charge in [-0.3, -0.25) is 4.79 Å². The number of carbonyl (C=O) groups excluding carboxylic acids is 2. The molecule has 1 aliphatic rings. The standard InChI is InChI=1S/C14H22N4O3S/c1-4-9(2)12(13(20)21-3)16-11(19)7-22-14-17-15-8-18(14)10-5-6-10/h8-10,12H,4-7H2,1-3H3,(H,16,19). The minimum atomic E-state index is -0.607. The quantitative estimate of drug-likeness (QED) is 0.574. The van der Waals surface area contributed by atoms with E-state index in [0.717, 1.165) is 24.4 Å². The number of hydrogen-bond acceptors (Lipinski definition) is 6. The SMILES string of the molecule is CCC(C)C(NC(=O)CSc1nncn1C1CC1)C(=O)OC. The Morgan fingerprint density at radius 1 is 1.55 bits per heavy atom. The molecular formula is C14H22N4O3S. The van der Waals surface area contributed by atoms with Crippen LogP contribution in [-0.2, 0) is 14.3 Å². The van der Waals surface area contributed by atoms with E-state index in [1.807, 2.05) is 18.4 Å². The van der Waals surface area contributed by atoms with Gasteiger partial charge >= 0.3 is 5.97 Å². The van der Waals surface area contributed by atoms with Crippen LogP contribution in [-0.4, -0.2) is 45.5 Å². The summed E-state index contributed by atoms with van der Waals surface area (Å²) in [5, 5.41) is 11.4. The fourth-order valence-corrected chi connectivity index (χ4v) is 2.87. The molecule has 1 aliphatic carbocycles. The predicted octanol–water partition coefficient (Wildman–Crippen LogP) is 1.41. The fraction of sp³-hybridized carbons (Fsp3) is 0.714. The van der Waals surface area contributed by atoms with Gasteiger partial charge in [-0.1, -0.05) is 32.0 Å². The molecule has 1 saturated carbocycles. The molecule has 0 spiro atoms. The Hall–Kier alpha value is -1.57. The molecule has 2 unspecified atom stereocenters. The summed E-state index contributed by atoms with van der Waals surface area (Å²) < 4.78 is 6.76. The third-order valence-electron chi connectivity index (χ3n) is 3.80. The summed E-state index contributed by atoms with van der Waals surface area (Å²) in [6.07, 6.45) is 4.75. The van der Waals surface area contributed by atoms with Crippen LogP contribution in [0.5, 0.6) is 0 Å². The number of aromatic nitrogens is 3. The Bertz CT molecular complexity index is 530. The monoisotopic (exact) mass is 326 g/mol. The van der Waals surface area contributed by atoms with Crippen molar-refractivity contribution in [3.8, 4) is 0 Å². The van der Waals surface area contributed by atoms with Gasteiger partial charge in [0.05, 0.1) is 12.9 Å². The van der Waals surface area contributed by atoms with Crippen molar-refractivity contribution in [1.82, 2.24) is 20.1 Å². The first-order chi connectivity index (χ1) is 10.6. The smallest absolute Gasteiger partial charge is 0.328 e. The lowest BCUT2D eigenvalue weighted by Gasteiger charge is -2.21. The van der Waals surface area contributed by atoms with Crippen molar-refractivity contribution in [3.63, 3.8) is 0 Å². The van der Waals surface area contributed by atoms with E-state index in [1.165, 1.54) is 18.9 Å². The zero-order valence-corrected chi connectivity index (χ0v) is 13.9. The van der Waals surface area contributed by atoms with Crippen LogP contribution >= 0.6 is 11.8 Å². The third-order valence-corrected chi connectivity index (χ3v) is 4.75. The molecule has 0 saturated heterocycles. The number of esters is 1. The van der Waals surface area contributed by atoms with Gasteiger partial charge in [-0.2, -0.15) is 0 Å². The van der Waals surface area contributed by atoms with Crippen LogP contribution in [0.4, 0.5) is 0 Å². The van der Waals surface area contributed by atoms with Gasteiger partial charge in [0.15, 0.2) is 5.16 Å². The molecule has 1 heterocycles. The summed E-state index contributed by atoms with van der Waals surface area (Å²) in [6, 6.07) is -0.132. The van der Waals surface area contributed by atoms with Gasteiger partial charge in [-0.25, -0.2) is 4.79 Å². The molecular weight excluding hydrogens is 304 g/mol. The van der Waals surface area contributed by atoms with E-state index < -0.39 is 12.0 Å². The Balaban J connectivity index is 1.87. The van der Waals surface area contributed by atoms with E-state index in [-0.39, 0.29) is 17.6 Å². The lowest BCUT2D eigenvalue weighted by atomic mass is 9.99. The molecule has 2 atom stereocenters. The average molecular weight is 326 g/mol. The van der Waals surface area contributed by atoms with Crippen LogP contribution in [0.15, 0.2) is 11.5 Å². The van der Waals surface area contributed by atoms with Crippen LogP contribution in [0.3, 0.4) is 0 Å². The van der Waals surface area contributed by atoms with Crippen molar-refractivity contribution in [2.45, 2.75) is 50.4 Å². The van der Waals surface area contributed by atoms with Crippen LogP contribution in [0.1, 0.15) is 39.2 Å². The number of nitrogens with zero attached hydrogens (tertiary/aromatic N) is 3. The van der Waals surface area contributed by atoms with Crippen molar-refractivity contribution < 1.29 is 14.3 Å². The lowest BCUT2D eigenvalue weighted by molar-refractivity contribution is -0.146.